The minimum atomic E-state index is -0.500. The number of thiophene rings is 1. The first kappa shape index (κ1) is 21.7. The maximum Gasteiger partial charge on any atom is 0.262 e. The normalized spacial score (nSPS) is 15.4. The smallest absolute Gasteiger partial charge is 0.262 e. The van der Waals surface area contributed by atoms with Crippen molar-refractivity contribution in [1.82, 2.24) is 9.91 Å². The molecule has 0 spiro atoms. The van der Waals surface area contributed by atoms with E-state index in [2.05, 4.69) is 5.10 Å². The van der Waals surface area contributed by atoms with Gasteiger partial charge in [-0.15, -0.1) is 11.3 Å². The standard InChI is InChI=1S/C24H22FN3O3S/c1-27(24(30)17-5-3-6-18(25)13-17)15-23(29)28-21(16-8-10-19(31-2)11-9-16)14-20(26-28)22-7-4-12-32-22/h3-13,21H,14-15H2,1-2H3/t21-/m0/s1. The number of carbonyl (C=O) groups excluding carboxylic acids is 2. The predicted octanol–water partition coefficient (Wildman–Crippen LogP) is 4.35. The van der Waals surface area contributed by atoms with E-state index in [4.69, 9.17) is 4.74 Å². The summed E-state index contributed by atoms with van der Waals surface area (Å²) in [6.07, 6.45) is 0.570. The zero-order valence-corrected chi connectivity index (χ0v) is 18.5. The lowest BCUT2D eigenvalue weighted by Crippen LogP contribution is -2.39. The third-order valence-electron chi connectivity index (χ3n) is 5.26. The Labute approximate surface area is 189 Å². The van der Waals surface area contributed by atoms with Gasteiger partial charge in [0.2, 0.25) is 0 Å². The third kappa shape index (κ3) is 4.55. The topological polar surface area (TPSA) is 62.2 Å². The second-order valence-electron chi connectivity index (χ2n) is 7.43. The van der Waals surface area contributed by atoms with Gasteiger partial charge in [0.05, 0.1) is 23.7 Å². The molecule has 164 valence electrons. The number of amides is 2. The van der Waals surface area contributed by atoms with Gasteiger partial charge in [-0.05, 0) is 47.3 Å². The van der Waals surface area contributed by atoms with Gasteiger partial charge in [-0.2, -0.15) is 5.10 Å². The predicted molar refractivity (Wildman–Crippen MR) is 121 cm³/mol. The number of carbonyl (C=O) groups is 2. The first-order chi connectivity index (χ1) is 15.5. The molecule has 3 aromatic rings. The van der Waals surface area contributed by atoms with Crippen LogP contribution in [-0.2, 0) is 4.79 Å². The van der Waals surface area contributed by atoms with Crippen molar-refractivity contribution < 1.29 is 18.7 Å². The van der Waals surface area contributed by atoms with Gasteiger partial charge in [0.1, 0.15) is 18.1 Å². The highest BCUT2D eigenvalue weighted by molar-refractivity contribution is 7.12. The number of hydrazone groups is 1. The van der Waals surface area contributed by atoms with Crippen LogP contribution in [0.3, 0.4) is 0 Å². The molecule has 0 saturated carbocycles. The lowest BCUT2D eigenvalue weighted by atomic mass is 10.0. The molecule has 6 nitrogen and oxygen atoms in total. The Hall–Kier alpha value is -3.52. The Morgan fingerprint density at radius 1 is 1.19 bits per heavy atom. The Balaban J connectivity index is 1.56. The second-order valence-corrected chi connectivity index (χ2v) is 8.37. The molecule has 0 saturated heterocycles. The molecule has 4 rings (SSSR count). The van der Waals surface area contributed by atoms with Gasteiger partial charge in [-0.1, -0.05) is 24.3 Å². The highest BCUT2D eigenvalue weighted by atomic mass is 32.1. The average Bonchev–Trinajstić information content (AvgIpc) is 3.48. The summed E-state index contributed by atoms with van der Waals surface area (Å²) in [6.45, 7) is -0.177. The maximum atomic E-state index is 13.5. The molecular weight excluding hydrogens is 429 g/mol. The summed E-state index contributed by atoms with van der Waals surface area (Å²) in [4.78, 5) is 28.2. The van der Waals surface area contributed by atoms with Gasteiger partial charge in [-0.3, -0.25) is 9.59 Å². The highest BCUT2D eigenvalue weighted by Gasteiger charge is 2.34. The van der Waals surface area contributed by atoms with Crippen LogP contribution < -0.4 is 4.74 Å². The SMILES string of the molecule is COc1ccc([C@@H]2CC(c3cccs3)=NN2C(=O)CN(C)C(=O)c2cccc(F)c2)cc1. The van der Waals surface area contributed by atoms with Crippen LogP contribution in [0.5, 0.6) is 5.75 Å². The van der Waals surface area contributed by atoms with Crippen LogP contribution in [0.25, 0.3) is 0 Å². The van der Waals surface area contributed by atoms with Crippen LogP contribution in [0.1, 0.15) is 33.3 Å². The number of benzene rings is 2. The molecular formula is C24H22FN3O3S. The van der Waals surface area contributed by atoms with Crippen molar-refractivity contribution in [2.24, 2.45) is 5.10 Å². The molecule has 0 fully saturated rings. The number of hydrogen-bond acceptors (Lipinski definition) is 5. The summed E-state index contributed by atoms with van der Waals surface area (Å²) in [6, 6.07) is 16.6. The summed E-state index contributed by atoms with van der Waals surface area (Å²) < 4.78 is 18.7. The van der Waals surface area contributed by atoms with Crippen molar-refractivity contribution in [2.75, 3.05) is 20.7 Å². The Morgan fingerprint density at radius 3 is 2.62 bits per heavy atom. The molecule has 1 aliphatic rings. The van der Waals surface area contributed by atoms with Crippen LogP contribution in [0.4, 0.5) is 4.39 Å². The number of likely N-dealkylation sites (N-methyl/N-ethyl adjacent to an activating group) is 1. The van der Waals surface area contributed by atoms with Crippen LogP contribution in [0.2, 0.25) is 0 Å². The van der Waals surface area contributed by atoms with Gasteiger partial charge < -0.3 is 9.64 Å². The lowest BCUT2D eigenvalue weighted by molar-refractivity contribution is -0.133. The van der Waals surface area contributed by atoms with Crippen molar-refractivity contribution in [2.45, 2.75) is 12.5 Å². The summed E-state index contributed by atoms with van der Waals surface area (Å²) >= 11 is 1.57. The fourth-order valence-electron chi connectivity index (χ4n) is 3.61. The zero-order valence-electron chi connectivity index (χ0n) is 17.7. The van der Waals surface area contributed by atoms with Crippen LogP contribution in [-0.4, -0.2) is 48.1 Å². The molecule has 8 heteroatoms. The summed E-state index contributed by atoms with van der Waals surface area (Å²) in [5, 5.41) is 8.03. The van der Waals surface area contributed by atoms with E-state index in [9.17, 15) is 14.0 Å². The minimum absolute atomic E-state index is 0.177. The average molecular weight is 452 g/mol. The lowest BCUT2D eigenvalue weighted by Gasteiger charge is -2.25. The fraction of sp³-hybridized carbons (Fsp3) is 0.208. The molecule has 0 bridgehead atoms. The quantitative estimate of drug-likeness (QED) is 0.560. The van der Waals surface area contributed by atoms with Gasteiger partial charge in [0, 0.05) is 19.0 Å². The number of hydrogen-bond donors (Lipinski definition) is 0. The van der Waals surface area contributed by atoms with E-state index in [-0.39, 0.29) is 24.1 Å². The van der Waals surface area contributed by atoms with E-state index in [1.807, 2.05) is 41.8 Å². The number of nitrogens with zero attached hydrogens (tertiary/aromatic N) is 3. The monoisotopic (exact) mass is 451 g/mol. The van der Waals surface area contributed by atoms with Crippen molar-refractivity contribution in [3.05, 3.63) is 87.9 Å². The maximum absolute atomic E-state index is 13.5. The molecule has 0 radical (unpaired) electrons. The van der Waals surface area contributed by atoms with Crippen molar-refractivity contribution in [3.63, 3.8) is 0 Å². The molecule has 2 aromatic carbocycles. The Bertz CT molecular complexity index is 1150. The molecule has 32 heavy (non-hydrogen) atoms. The van der Waals surface area contributed by atoms with E-state index in [1.54, 1.807) is 18.4 Å². The number of rotatable bonds is 6. The van der Waals surface area contributed by atoms with E-state index in [1.165, 1.54) is 35.2 Å². The van der Waals surface area contributed by atoms with E-state index in [0.29, 0.717) is 6.42 Å². The summed E-state index contributed by atoms with van der Waals surface area (Å²) in [7, 11) is 3.12. The molecule has 1 aromatic heterocycles. The summed E-state index contributed by atoms with van der Waals surface area (Å²) in [5.74, 6) is -0.519. The molecule has 0 aliphatic carbocycles. The summed E-state index contributed by atoms with van der Waals surface area (Å²) in [5.41, 5.74) is 1.94. The van der Waals surface area contributed by atoms with E-state index in [0.717, 1.165) is 28.0 Å². The van der Waals surface area contributed by atoms with Crippen molar-refractivity contribution in [3.8, 4) is 5.75 Å². The third-order valence-corrected chi connectivity index (χ3v) is 6.18. The molecule has 2 amide bonds. The molecule has 1 aliphatic heterocycles. The number of halogens is 1. The van der Waals surface area contributed by atoms with Crippen LogP contribution >= 0.6 is 11.3 Å². The number of methoxy groups -OCH3 is 1. The van der Waals surface area contributed by atoms with Gasteiger partial charge in [-0.25, -0.2) is 9.40 Å². The van der Waals surface area contributed by atoms with Crippen molar-refractivity contribution in [1.29, 1.82) is 0 Å². The first-order valence-electron chi connectivity index (χ1n) is 10.0. The van der Waals surface area contributed by atoms with Gasteiger partial charge in [0.15, 0.2) is 0 Å². The van der Waals surface area contributed by atoms with Crippen molar-refractivity contribution >= 4 is 28.9 Å². The van der Waals surface area contributed by atoms with E-state index >= 15 is 0 Å². The molecule has 2 heterocycles. The second kappa shape index (κ2) is 9.32. The minimum Gasteiger partial charge on any atom is -0.497 e. The first-order valence-corrected chi connectivity index (χ1v) is 10.9. The number of ether oxygens (including phenoxy) is 1. The Morgan fingerprint density at radius 2 is 1.97 bits per heavy atom. The largest absolute Gasteiger partial charge is 0.497 e. The van der Waals surface area contributed by atoms with Gasteiger partial charge >= 0.3 is 0 Å². The molecule has 0 unspecified atom stereocenters. The highest BCUT2D eigenvalue weighted by Crippen LogP contribution is 2.34. The Kier molecular flexibility index (Phi) is 6.32. The molecule has 1 atom stereocenters. The fourth-order valence-corrected chi connectivity index (χ4v) is 4.33. The van der Waals surface area contributed by atoms with Crippen LogP contribution in [0.15, 0.2) is 71.1 Å². The molecule has 0 N–H and O–H groups in total. The van der Waals surface area contributed by atoms with E-state index < -0.39 is 11.7 Å². The zero-order chi connectivity index (χ0) is 22.7. The van der Waals surface area contributed by atoms with Crippen LogP contribution in [0, 0.1) is 5.82 Å². The van der Waals surface area contributed by atoms with Gasteiger partial charge in [0.25, 0.3) is 11.8 Å².